The summed E-state index contributed by atoms with van der Waals surface area (Å²) in [6, 6.07) is 1.30. The van der Waals surface area contributed by atoms with E-state index in [1.807, 2.05) is 13.8 Å². The molecule has 168 valence electrons. The van der Waals surface area contributed by atoms with Gasteiger partial charge in [0.25, 0.3) is 0 Å². The fourth-order valence-electron chi connectivity index (χ4n) is 3.84. The average molecular weight is 449 g/mol. The molecule has 0 aliphatic heterocycles. The van der Waals surface area contributed by atoms with Gasteiger partial charge in [0.2, 0.25) is 5.43 Å². The Kier molecular flexibility index (Phi) is 6.60. The second-order valence-corrected chi connectivity index (χ2v) is 9.15. The molecule has 0 aliphatic rings. The van der Waals surface area contributed by atoms with Crippen LogP contribution in [0.2, 0.25) is 5.02 Å². The Morgan fingerprint density at radius 1 is 0.968 bits per heavy atom. The minimum absolute atomic E-state index is 0.0763. The Labute approximate surface area is 186 Å². The van der Waals surface area contributed by atoms with Crippen LogP contribution in [0.5, 0.6) is 23.0 Å². The molecule has 31 heavy (non-hydrogen) atoms. The number of fused-ring (bicyclic) bond motifs is 2. The highest BCUT2D eigenvalue weighted by Crippen LogP contribution is 2.45. The fraction of sp³-hybridized carbons (Fsp3) is 0.458. The molecule has 0 atom stereocenters. The number of aryl methyl sites for hydroxylation is 1. The van der Waals surface area contributed by atoms with Crippen LogP contribution in [0, 0.1) is 11.8 Å². The molecule has 1 heterocycles. The van der Waals surface area contributed by atoms with Gasteiger partial charge in [0.05, 0.1) is 12.5 Å². The maximum absolute atomic E-state index is 13.6. The van der Waals surface area contributed by atoms with Crippen molar-refractivity contribution < 1.29 is 24.5 Å². The number of benzene rings is 2. The molecule has 0 bridgehead atoms. The molecule has 3 N–H and O–H groups in total. The summed E-state index contributed by atoms with van der Waals surface area (Å²) >= 11 is 6.35. The molecule has 2 aromatic carbocycles. The predicted molar refractivity (Wildman–Crippen MR) is 123 cm³/mol. The Bertz CT molecular complexity index is 1190. The van der Waals surface area contributed by atoms with Crippen LogP contribution in [0.25, 0.3) is 21.9 Å². The molecular weight excluding hydrogens is 420 g/mol. The Hall–Kier alpha value is -2.60. The number of aromatic hydroxyl groups is 3. The highest BCUT2D eigenvalue weighted by Gasteiger charge is 2.26. The van der Waals surface area contributed by atoms with Gasteiger partial charge in [-0.15, -0.1) is 0 Å². The quantitative estimate of drug-likeness (QED) is 0.389. The van der Waals surface area contributed by atoms with Crippen molar-refractivity contribution in [2.45, 2.75) is 53.4 Å². The van der Waals surface area contributed by atoms with E-state index in [1.54, 1.807) is 0 Å². The smallest absolute Gasteiger partial charge is 0.204 e. The molecular formula is C24H29ClO6. The second-order valence-electron chi connectivity index (χ2n) is 8.77. The van der Waals surface area contributed by atoms with Gasteiger partial charge in [0.15, 0.2) is 17.1 Å². The molecule has 0 saturated carbocycles. The van der Waals surface area contributed by atoms with Gasteiger partial charge in [-0.25, -0.2) is 0 Å². The number of rotatable bonds is 7. The van der Waals surface area contributed by atoms with Crippen LogP contribution in [-0.4, -0.2) is 22.4 Å². The van der Waals surface area contributed by atoms with Crippen LogP contribution < -0.4 is 10.2 Å². The number of phenolic OH excluding ortho intramolecular Hbond substituents is 3. The minimum atomic E-state index is -0.474. The molecule has 0 aliphatic carbocycles. The molecule has 7 heteroatoms. The molecule has 3 aromatic rings. The van der Waals surface area contributed by atoms with Crippen LogP contribution in [0.15, 0.2) is 15.3 Å². The number of hydrogen-bond donors (Lipinski definition) is 3. The monoisotopic (exact) mass is 448 g/mol. The number of hydrogen-bond acceptors (Lipinski definition) is 6. The largest absolute Gasteiger partial charge is 0.507 e. The van der Waals surface area contributed by atoms with Crippen LogP contribution in [0.4, 0.5) is 0 Å². The number of halogens is 1. The third kappa shape index (κ3) is 4.13. The fourth-order valence-corrected chi connectivity index (χ4v) is 4.09. The summed E-state index contributed by atoms with van der Waals surface area (Å²) in [5.41, 5.74) is 0.284. The van der Waals surface area contributed by atoms with E-state index in [0.29, 0.717) is 36.7 Å². The maximum Gasteiger partial charge on any atom is 0.204 e. The Balaban J connectivity index is 2.43. The van der Waals surface area contributed by atoms with Gasteiger partial charge in [0.1, 0.15) is 27.5 Å². The van der Waals surface area contributed by atoms with Crippen molar-refractivity contribution in [3.63, 3.8) is 0 Å². The van der Waals surface area contributed by atoms with Gasteiger partial charge in [-0.1, -0.05) is 39.3 Å². The van der Waals surface area contributed by atoms with Crippen LogP contribution in [-0.2, 0) is 12.8 Å². The van der Waals surface area contributed by atoms with Crippen molar-refractivity contribution in [1.29, 1.82) is 0 Å². The van der Waals surface area contributed by atoms with E-state index >= 15 is 0 Å². The predicted octanol–water partition coefficient (Wildman–Crippen LogP) is 5.90. The van der Waals surface area contributed by atoms with Crippen molar-refractivity contribution in [2.75, 3.05) is 7.11 Å². The maximum atomic E-state index is 13.6. The van der Waals surface area contributed by atoms with Crippen molar-refractivity contribution in [1.82, 2.24) is 0 Å². The van der Waals surface area contributed by atoms with Gasteiger partial charge in [-0.2, -0.15) is 0 Å². The van der Waals surface area contributed by atoms with Crippen molar-refractivity contribution in [2.24, 2.45) is 11.8 Å². The number of methoxy groups -OCH3 is 1. The summed E-state index contributed by atoms with van der Waals surface area (Å²) in [5, 5.41) is 32.0. The summed E-state index contributed by atoms with van der Waals surface area (Å²) in [6.45, 7) is 8.17. The minimum Gasteiger partial charge on any atom is -0.507 e. The van der Waals surface area contributed by atoms with Crippen LogP contribution in [0.1, 0.15) is 51.7 Å². The summed E-state index contributed by atoms with van der Waals surface area (Å²) < 4.78 is 11.2. The van der Waals surface area contributed by atoms with Gasteiger partial charge < -0.3 is 24.5 Å². The molecule has 0 fully saturated rings. The van der Waals surface area contributed by atoms with Crippen LogP contribution in [0.3, 0.4) is 0 Å². The highest BCUT2D eigenvalue weighted by atomic mass is 35.5. The van der Waals surface area contributed by atoms with Gasteiger partial charge in [-0.3, -0.25) is 4.79 Å². The normalized spacial score (nSPS) is 11.9. The lowest BCUT2D eigenvalue weighted by atomic mass is 9.95. The lowest BCUT2D eigenvalue weighted by molar-refractivity contribution is 0.368. The molecule has 1 aromatic heterocycles. The molecule has 0 radical (unpaired) electrons. The van der Waals surface area contributed by atoms with Gasteiger partial charge in [0, 0.05) is 17.2 Å². The third-order valence-electron chi connectivity index (χ3n) is 5.58. The number of ether oxygens (including phenoxy) is 1. The summed E-state index contributed by atoms with van der Waals surface area (Å²) in [7, 11) is 1.43. The first-order valence-electron chi connectivity index (χ1n) is 10.5. The first kappa shape index (κ1) is 23.1. The summed E-state index contributed by atoms with van der Waals surface area (Å²) in [6.07, 6.45) is 2.30. The molecule has 6 nitrogen and oxygen atoms in total. The third-order valence-corrected chi connectivity index (χ3v) is 5.93. The second kappa shape index (κ2) is 8.87. The topological polar surface area (TPSA) is 100 Å². The van der Waals surface area contributed by atoms with Crippen molar-refractivity contribution in [3.8, 4) is 23.0 Å². The number of phenols is 3. The van der Waals surface area contributed by atoms with Gasteiger partial charge >= 0.3 is 0 Å². The summed E-state index contributed by atoms with van der Waals surface area (Å²) in [4.78, 5) is 13.6. The zero-order valence-electron chi connectivity index (χ0n) is 18.5. The zero-order chi connectivity index (χ0) is 23.0. The van der Waals surface area contributed by atoms with E-state index in [4.69, 9.17) is 20.8 Å². The molecule has 0 saturated heterocycles. The Morgan fingerprint density at radius 2 is 1.55 bits per heavy atom. The first-order valence-corrected chi connectivity index (χ1v) is 10.9. The molecule has 3 rings (SSSR count). The molecule has 0 unspecified atom stereocenters. The van der Waals surface area contributed by atoms with E-state index in [2.05, 4.69) is 13.8 Å². The lowest BCUT2D eigenvalue weighted by Crippen LogP contribution is -2.09. The van der Waals surface area contributed by atoms with Gasteiger partial charge in [-0.05, 0) is 37.5 Å². The van der Waals surface area contributed by atoms with E-state index in [-0.39, 0.29) is 55.5 Å². The average Bonchev–Trinajstić information content (AvgIpc) is 2.69. The summed E-state index contributed by atoms with van der Waals surface area (Å²) in [5.74, 6) is 0.120. The Morgan fingerprint density at radius 3 is 2.10 bits per heavy atom. The molecule has 0 spiro atoms. The SMILES string of the molecule is COc1c(O)cc2oc3c(Cl)c(O)c(CCC(C)C)c(O)c3c(=O)c2c1CCC(C)C. The van der Waals surface area contributed by atoms with Crippen molar-refractivity contribution in [3.05, 3.63) is 32.4 Å². The van der Waals surface area contributed by atoms with E-state index in [0.717, 1.165) is 6.42 Å². The van der Waals surface area contributed by atoms with E-state index in [1.165, 1.54) is 13.2 Å². The standard InChI is InChI=1S/C24H29ClO6/c1-11(2)6-8-13-17-16(10-15(26)23(13)30-5)31-24-18(22(17)29)20(27)14(9-7-12(3)4)21(28)19(24)25/h10-12,26-28H,6-9H2,1-5H3. The first-order chi connectivity index (χ1) is 14.6. The molecule has 0 amide bonds. The van der Waals surface area contributed by atoms with E-state index in [9.17, 15) is 20.1 Å². The lowest BCUT2D eigenvalue weighted by Gasteiger charge is -2.17. The zero-order valence-corrected chi connectivity index (χ0v) is 19.3. The van der Waals surface area contributed by atoms with E-state index < -0.39 is 5.43 Å². The highest BCUT2D eigenvalue weighted by molar-refractivity contribution is 6.37. The van der Waals surface area contributed by atoms with Crippen molar-refractivity contribution >= 4 is 33.5 Å². The van der Waals surface area contributed by atoms with Crippen LogP contribution >= 0.6 is 11.6 Å².